The van der Waals surface area contributed by atoms with Crippen molar-refractivity contribution in [3.05, 3.63) is 0 Å². The van der Waals surface area contributed by atoms with Crippen LogP contribution in [0.5, 0.6) is 0 Å². The second-order valence-corrected chi connectivity index (χ2v) is 6.24. The molecule has 0 aromatic carbocycles. The molecular formula is C15H28ClN3O2. The number of carbonyl (C=O) groups excluding carboxylic acids is 2. The highest BCUT2D eigenvalue weighted by Gasteiger charge is 2.27. The highest BCUT2D eigenvalue weighted by atomic mass is 35.5. The van der Waals surface area contributed by atoms with E-state index in [1.165, 1.54) is 0 Å². The van der Waals surface area contributed by atoms with Crippen LogP contribution >= 0.6 is 12.4 Å². The first-order chi connectivity index (χ1) is 9.58. The fourth-order valence-electron chi connectivity index (χ4n) is 3.19. The Bertz CT molecular complexity index is 359. The predicted octanol–water partition coefficient (Wildman–Crippen LogP) is 1.31. The maximum atomic E-state index is 12.3. The average Bonchev–Trinajstić information content (AvgIpc) is 2.92. The molecule has 0 radical (unpaired) electrons. The predicted molar refractivity (Wildman–Crippen MR) is 85.5 cm³/mol. The van der Waals surface area contributed by atoms with Crippen molar-refractivity contribution in [3.63, 3.8) is 0 Å². The van der Waals surface area contributed by atoms with Crippen molar-refractivity contribution in [1.29, 1.82) is 0 Å². The van der Waals surface area contributed by atoms with E-state index in [-0.39, 0.29) is 42.2 Å². The SMILES string of the molecule is CC(CC(=O)N1CCNC[C@@H]1C)NC(=O)C1CCCC1.Cl. The van der Waals surface area contributed by atoms with Crippen LogP contribution in [0, 0.1) is 5.92 Å². The van der Waals surface area contributed by atoms with E-state index in [4.69, 9.17) is 0 Å². The van der Waals surface area contributed by atoms with E-state index in [0.717, 1.165) is 45.3 Å². The van der Waals surface area contributed by atoms with Crippen molar-refractivity contribution in [3.8, 4) is 0 Å². The summed E-state index contributed by atoms with van der Waals surface area (Å²) in [6, 6.07) is 0.173. The largest absolute Gasteiger partial charge is 0.353 e. The molecule has 1 unspecified atom stereocenters. The van der Waals surface area contributed by atoms with Crippen LogP contribution in [0.1, 0.15) is 46.0 Å². The summed E-state index contributed by atoms with van der Waals surface area (Å²) in [5.74, 6) is 0.458. The number of rotatable bonds is 4. The standard InChI is InChI=1S/C15H27N3O2.ClH/c1-11(17-15(20)13-5-3-4-6-13)9-14(19)18-8-7-16-10-12(18)2;/h11-13,16H,3-10H2,1-2H3,(H,17,20);1H/t11?,12-;/m0./s1. The molecule has 122 valence electrons. The molecule has 2 atom stereocenters. The van der Waals surface area contributed by atoms with Gasteiger partial charge in [0, 0.05) is 44.1 Å². The van der Waals surface area contributed by atoms with E-state index < -0.39 is 0 Å². The van der Waals surface area contributed by atoms with Gasteiger partial charge in [0.2, 0.25) is 11.8 Å². The number of halogens is 1. The molecule has 2 rings (SSSR count). The topological polar surface area (TPSA) is 61.4 Å². The van der Waals surface area contributed by atoms with Crippen molar-refractivity contribution < 1.29 is 9.59 Å². The molecule has 2 fully saturated rings. The molecule has 1 aliphatic carbocycles. The molecule has 1 heterocycles. The van der Waals surface area contributed by atoms with Gasteiger partial charge in [-0.2, -0.15) is 0 Å². The highest BCUT2D eigenvalue weighted by Crippen LogP contribution is 2.24. The summed E-state index contributed by atoms with van der Waals surface area (Å²) < 4.78 is 0. The minimum absolute atomic E-state index is 0. The quantitative estimate of drug-likeness (QED) is 0.822. The van der Waals surface area contributed by atoms with Crippen LogP contribution < -0.4 is 10.6 Å². The zero-order valence-corrected chi connectivity index (χ0v) is 13.9. The van der Waals surface area contributed by atoms with Crippen molar-refractivity contribution >= 4 is 24.2 Å². The maximum Gasteiger partial charge on any atom is 0.224 e. The molecule has 5 nitrogen and oxygen atoms in total. The lowest BCUT2D eigenvalue weighted by molar-refractivity contribution is -0.134. The third kappa shape index (κ3) is 5.15. The molecule has 2 N–H and O–H groups in total. The number of hydrogen-bond donors (Lipinski definition) is 2. The summed E-state index contributed by atoms with van der Waals surface area (Å²) >= 11 is 0. The van der Waals surface area contributed by atoms with Crippen molar-refractivity contribution in [2.75, 3.05) is 19.6 Å². The van der Waals surface area contributed by atoms with Crippen LogP contribution in [-0.4, -0.2) is 48.4 Å². The number of carbonyl (C=O) groups is 2. The van der Waals surface area contributed by atoms with Crippen molar-refractivity contribution in [1.82, 2.24) is 15.5 Å². The van der Waals surface area contributed by atoms with Gasteiger partial charge in [-0.15, -0.1) is 12.4 Å². The van der Waals surface area contributed by atoms with E-state index >= 15 is 0 Å². The average molecular weight is 318 g/mol. The van der Waals surface area contributed by atoms with E-state index in [1.54, 1.807) is 0 Å². The lowest BCUT2D eigenvalue weighted by Crippen LogP contribution is -2.53. The minimum atomic E-state index is -0.0716. The molecule has 1 saturated heterocycles. The normalized spacial score (nSPS) is 24.3. The first-order valence-corrected chi connectivity index (χ1v) is 7.88. The lowest BCUT2D eigenvalue weighted by Gasteiger charge is -2.34. The second kappa shape index (κ2) is 8.59. The van der Waals surface area contributed by atoms with Gasteiger partial charge in [-0.25, -0.2) is 0 Å². The van der Waals surface area contributed by atoms with E-state index in [0.29, 0.717) is 6.42 Å². The monoisotopic (exact) mass is 317 g/mol. The fourth-order valence-corrected chi connectivity index (χ4v) is 3.19. The number of nitrogens with zero attached hydrogens (tertiary/aromatic N) is 1. The smallest absolute Gasteiger partial charge is 0.224 e. The molecule has 2 amide bonds. The van der Waals surface area contributed by atoms with Crippen molar-refractivity contribution in [2.24, 2.45) is 5.92 Å². The third-order valence-corrected chi connectivity index (χ3v) is 4.42. The summed E-state index contributed by atoms with van der Waals surface area (Å²) in [5.41, 5.74) is 0. The van der Waals surface area contributed by atoms with Crippen LogP contribution in [0.3, 0.4) is 0 Å². The Kier molecular flexibility index (Phi) is 7.46. The van der Waals surface area contributed by atoms with E-state index in [1.807, 2.05) is 11.8 Å². The number of amides is 2. The summed E-state index contributed by atoms with van der Waals surface area (Å²) in [5, 5.41) is 6.28. The Hall–Kier alpha value is -0.810. The molecule has 21 heavy (non-hydrogen) atoms. The van der Waals surface area contributed by atoms with Crippen molar-refractivity contribution in [2.45, 2.75) is 58.0 Å². The minimum Gasteiger partial charge on any atom is -0.353 e. The zero-order valence-electron chi connectivity index (χ0n) is 13.1. The Balaban J connectivity index is 0.00000220. The molecule has 0 bridgehead atoms. The van der Waals surface area contributed by atoms with Crippen LogP contribution in [0.4, 0.5) is 0 Å². The Morgan fingerprint density at radius 2 is 2.00 bits per heavy atom. The van der Waals surface area contributed by atoms with Gasteiger partial charge in [-0.05, 0) is 26.7 Å². The molecule has 0 spiro atoms. The summed E-state index contributed by atoms with van der Waals surface area (Å²) in [7, 11) is 0. The van der Waals surface area contributed by atoms with Gasteiger partial charge < -0.3 is 15.5 Å². The molecular weight excluding hydrogens is 290 g/mol. The molecule has 2 aliphatic rings. The van der Waals surface area contributed by atoms with Gasteiger partial charge in [0.05, 0.1) is 0 Å². The Morgan fingerprint density at radius 3 is 2.62 bits per heavy atom. The van der Waals surface area contributed by atoms with Gasteiger partial charge in [-0.3, -0.25) is 9.59 Å². The molecule has 6 heteroatoms. The van der Waals surface area contributed by atoms with Gasteiger partial charge in [0.25, 0.3) is 0 Å². The van der Waals surface area contributed by atoms with Crippen LogP contribution in [-0.2, 0) is 9.59 Å². The first kappa shape index (κ1) is 18.2. The van der Waals surface area contributed by atoms with Gasteiger partial charge in [-0.1, -0.05) is 12.8 Å². The third-order valence-electron chi connectivity index (χ3n) is 4.42. The summed E-state index contributed by atoms with van der Waals surface area (Å²) in [6.07, 6.45) is 4.72. The Morgan fingerprint density at radius 1 is 1.33 bits per heavy atom. The lowest BCUT2D eigenvalue weighted by atomic mass is 10.1. The number of hydrogen-bond acceptors (Lipinski definition) is 3. The van der Waals surface area contributed by atoms with Gasteiger partial charge in [0.15, 0.2) is 0 Å². The van der Waals surface area contributed by atoms with Crippen LogP contribution in [0.25, 0.3) is 0 Å². The van der Waals surface area contributed by atoms with Crippen LogP contribution in [0.15, 0.2) is 0 Å². The fraction of sp³-hybridized carbons (Fsp3) is 0.867. The first-order valence-electron chi connectivity index (χ1n) is 7.88. The second-order valence-electron chi connectivity index (χ2n) is 6.24. The van der Waals surface area contributed by atoms with Gasteiger partial charge in [0.1, 0.15) is 0 Å². The maximum absolute atomic E-state index is 12.3. The molecule has 0 aromatic heterocycles. The number of piperazine rings is 1. The highest BCUT2D eigenvalue weighted by molar-refractivity contribution is 5.85. The summed E-state index contributed by atoms with van der Waals surface area (Å²) in [6.45, 7) is 6.47. The van der Waals surface area contributed by atoms with E-state index in [2.05, 4.69) is 17.6 Å². The number of nitrogens with one attached hydrogen (secondary N) is 2. The molecule has 1 saturated carbocycles. The van der Waals surface area contributed by atoms with Crippen LogP contribution in [0.2, 0.25) is 0 Å². The van der Waals surface area contributed by atoms with E-state index in [9.17, 15) is 9.59 Å². The zero-order chi connectivity index (χ0) is 14.5. The molecule has 1 aliphatic heterocycles. The Labute approximate surface area is 133 Å². The summed E-state index contributed by atoms with van der Waals surface area (Å²) in [4.78, 5) is 26.2. The molecule has 0 aromatic rings. The van der Waals surface area contributed by atoms with Gasteiger partial charge >= 0.3 is 0 Å².